The molecular weight excluding hydrogens is 500 g/mol. The Kier molecular flexibility index (Phi) is 6.06. The van der Waals surface area contributed by atoms with Crippen LogP contribution in [0.1, 0.15) is 16.1 Å². The Hall–Kier alpha value is -3.50. The lowest BCUT2D eigenvalue weighted by Gasteiger charge is -2.11. The normalized spacial score (nSPS) is 14.9. The number of amides is 2. The van der Waals surface area contributed by atoms with Gasteiger partial charge in [0.25, 0.3) is 16.8 Å². The molecule has 8 nitrogen and oxygen atoms in total. The highest BCUT2D eigenvalue weighted by atomic mass is 79.9. The molecule has 2 heterocycles. The number of rotatable bonds is 6. The van der Waals surface area contributed by atoms with Gasteiger partial charge in [-0.25, -0.2) is 0 Å². The molecule has 1 aliphatic heterocycles. The van der Waals surface area contributed by atoms with Crippen molar-refractivity contribution < 1.29 is 23.7 Å². The van der Waals surface area contributed by atoms with E-state index in [1.807, 2.05) is 0 Å². The van der Waals surface area contributed by atoms with Gasteiger partial charge in [-0.3, -0.25) is 29.4 Å². The average Bonchev–Trinajstić information content (AvgIpc) is 3.34. The number of halogens is 1. The summed E-state index contributed by atoms with van der Waals surface area (Å²) in [5, 5.41) is 10.7. The fraction of sp³-hybridized carbons (Fsp3) is 0.0455. The molecule has 0 N–H and O–H groups in total. The Labute approximate surface area is 194 Å². The van der Waals surface area contributed by atoms with E-state index >= 15 is 0 Å². The summed E-state index contributed by atoms with van der Waals surface area (Å²) >= 11 is 3.99. The van der Waals surface area contributed by atoms with Crippen LogP contribution in [0.5, 0.6) is 0 Å². The van der Waals surface area contributed by atoms with E-state index in [0.29, 0.717) is 22.9 Å². The Morgan fingerprint density at radius 1 is 1.09 bits per heavy atom. The molecule has 0 aliphatic carbocycles. The van der Waals surface area contributed by atoms with E-state index in [1.165, 1.54) is 12.1 Å². The lowest BCUT2D eigenvalue weighted by molar-refractivity contribution is -0.384. The standard InChI is InChI=1S/C22H13BrN2O6S/c23-14-7-5-13(6-8-14)18(26)12-24-21(27)20(32-22(24)28)11-15-9-10-19(31-15)16-3-1-2-4-17(16)25(29)30/h1-11H,12H2/b20-11+. The van der Waals surface area contributed by atoms with Crippen LogP contribution in [-0.4, -0.2) is 33.3 Å². The van der Waals surface area contributed by atoms with Crippen LogP contribution in [0.15, 0.2) is 74.5 Å². The van der Waals surface area contributed by atoms with Crippen molar-refractivity contribution >= 4 is 56.4 Å². The van der Waals surface area contributed by atoms with Crippen molar-refractivity contribution in [2.75, 3.05) is 6.54 Å². The number of Topliss-reactive ketones (excluding diaryl/α,β-unsaturated/α-hetero) is 1. The number of carbonyl (C=O) groups is 3. The van der Waals surface area contributed by atoms with E-state index in [-0.39, 0.29) is 34.4 Å². The Morgan fingerprint density at radius 2 is 1.81 bits per heavy atom. The molecule has 2 amide bonds. The number of nitro groups is 1. The minimum atomic E-state index is -0.603. The topological polar surface area (TPSA) is 111 Å². The number of para-hydroxylation sites is 1. The second-order valence-corrected chi connectivity index (χ2v) is 8.58. The van der Waals surface area contributed by atoms with Crippen molar-refractivity contribution in [3.63, 3.8) is 0 Å². The molecular formula is C22H13BrN2O6S. The molecule has 1 saturated heterocycles. The van der Waals surface area contributed by atoms with Crippen molar-refractivity contribution in [1.29, 1.82) is 0 Å². The average molecular weight is 513 g/mol. The number of hydrogen-bond donors (Lipinski definition) is 0. The zero-order valence-electron chi connectivity index (χ0n) is 16.2. The third-order valence-electron chi connectivity index (χ3n) is 4.61. The first-order chi connectivity index (χ1) is 15.3. The number of carbonyl (C=O) groups excluding carboxylic acids is 3. The highest BCUT2D eigenvalue weighted by Gasteiger charge is 2.36. The van der Waals surface area contributed by atoms with Crippen LogP contribution in [0.25, 0.3) is 17.4 Å². The molecule has 2 aromatic carbocycles. The van der Waals surface area contributed by atoms with E-state index in [9.17, 15) is 24.5 Å². The van der Waals surface area contributed by atoms with Crippen molar-refractivity contribution in [3.05, 3.63) is 91.5 Å². The predicted octanol–water partition coefficient (Wildman–Crippen LogP) is 5.54. The van der Waals surface area contributed by atoms with Crippen LogP contribution < -0.4 is 0 Å². The summed E-state index contributed by atoms with van der Waals surface area (Å²) in [6.45, 7) is -0.372. The first-order valence-electron chi connectivity index (χ1n) is 9.21. The maximum Gasteiger partial charge on any atom is 0.293 e. The number of nitro benzene ring substituents is 1. The molecule has 32 heavy (non-hydrogen) atoms. The van der Waals surface area contributed by atoms with E-state index < -0.39 is 16.1 Å². The monoisotopic (exact) mass is 512 g/mol. The number of hydrogen-bond acceptors (Lipinski definition) is 7. The second kappa shape index (κ2) is 8.93. The van der Waals surface area contributed by atoms with Gasteiger partial charge in [0.15, 0.2) is 5.78 Å². The van der Waals surface area contributed by atoms with Gasteiger partial charge in [-0.1, -0.05) is 40.2 Å². The molecule has 0 spiro atoms. The van der Waals surface area contributed by atoms with Gasteiger partial charge >= 0.3 is 0 Å². The molecule has 0 bridgehead atoms. The molecule has 10 heteroatoms. The predicted molar refractivity (Wildman–Crippen MR) is 122 cm³/mol. The van der Waals surface area contributed by atoms with Gasteiger partial charge < -0.3 is 4.42 Å². The summed E-state index contributed by atoms with van der Waals surface area (Å²) in [5.41, 5.74) is 0.571. The highest BCUT2D eigenvalue weighted by molar-refractivity contribution is 9.10. The van der Waals surface area contributed by atoms with Crippen LogP contribution in [0.3, 0.4) is 0 Å². The van der Waals surface area contributed by atoms with Gasteiger partial charge in [0, 0.05) is 22.2 Å². The molecule has 1 fully saturated rings. The van der Waals surface area contributed by atoms with E-state index in [1.54, 1.807) is 54.6 Å². The van der Waals surface area contributed by atoms with Gasteiger partial charge in [-0.2, -0.15) is 0 Å². The lowest BCUT2D eigenvalue weighted by atomic mass is 10.1. The van der Waals surface area contributed by atoms with Crippen LogP contribution in [-0.2, 0) is 4.79 Å². The van der Waals surface area contributed by atoms with Gasteiger partial charge in [-0.05, 0) is 42.1 Å². The first-order valence-corrected chi connectivity index (χ1v) is 10.8. The molecule has 0 saturated carbocycles. The summed E-state index contributed by atoms with van der Waals surface area (Å²) in [6, 6.07) is 15.8. The smallest absolute Gasteiger partial charge is 0.293 e. The fourth-order valence-corrected chi connectivity index (χ4v) is 4.14. The molecule has 0 radical (unpaired) electrons. The third-order valence-corrected chi connectivity index (χ3v) is 6.04. The molecule has 1 aromatic heterocycles. The molecule has 0 atom stereocenters. The van der Waals surface area contributed by atoms with E-state index in [2.05, 4.69) is 15.9 Å². The van der Waals surface area contributed by atoms with Gasteiger partial charge in [0.05, 0.1) is 21.9 Å². The summed E-state index contributed by atoms with van der Waals surface area (Å²) in [5.74, 6) is -0.456. The first kappa shape index (κ1) is 21.7. The Morgan fingerprint density at radius 3 is 2.53 bits per heavy atom. The zero-order chi connectivity index (χ0) is 22.8. The Bertz CT molecular complexity index is 1280. The van der Waals surface area contributed by atoms with Crippen molar-refractivity contribution in [2.45, 2.75) is 0 Å². The quantitative estimate of drug-likeness (QED) is 0.184. The molecule has 0 unspecified atom stereocenters. The van der Waals surface area contributed by atoms with Crippen LogP contribution in [0, 0.1) is 10.1 Å². The van der Waals surface area contributed by atoms with Crippen molar-refractivity contribution in [2.24, 2.45) is 0 Å². The summed E-state index contributed by atoms with van der Waals surface area (Å²) in [4.78, 5) is 49.2. The number of benzene rings is 2. The largest absolute Gasteiger partial charge is 0.456 e. The van der Waals surface area contributed by atoms with Crippen LogP contribution in [0.2, 0.25) is 0 Å². The number of imide groups is 1. The Balaban J connectivity index is 1.53. The fourth-order valence-electron chi connectivity index (χ4n) is 3.05. The van der Waals surface area contributed by atoms with Crippen LogP contribution in [0.4, 0.5) is 10.5 Å². The van der Waals surface area contributed by atoms with Gasteiger partial charge in [0.1, 0.15) is 11.5 Å². The van der Waals surface area contributed by atoms with Crippen LogP contribution >= 0.6 is 27.7 Å². The number of nitrogens with zero attached hydrogens (tertiary/aromatic N) is 2. The highest BCUT2D eigenvalue weighted by Crippen LogP contribution is 2.35. The zero-order valence-corrected chi connectivity index (χ0v) is 18.6. The summed E-state index contributed by atoms with van der Waals surface area (Å²) in [6.07, 6.45) is 1.38. The molecule has 160 valence electrons. The van der Waals surface area contributed by atoms with Gasteiger partial charge in [-0.15, -0.1) is 0 Å². The second-order valence-electron chi connectivity index (χ2n) is 6.67. The van der Waals surface area contributed by atoms with E-state index in [0.717, 1.165) is 9.37 Å². The summed E-state index contributed by atoms with van der Waals surface area (Å²) in [7, 11) is 0. The maximum atomic E-state index is 12.7. The SMILES string of the molecule is O=C(CN1C(=O)S/C(=C/c2ccc(-c3ccccc3[N+](=O)[O-])o2)C1=O)c1ccc(Br)cc1. The van der Waals surface area contributed by atoms with E-state index in [4.69, 9.17) is 4.42 Å². The van der Waals surface area contributed by atoms with Crippen molar-refractivity contribution in [1.82, 2.24) is 4.90 Å². The molecule has 3 aromatic rings. The minimum absolute atomic E-state index is 0.0991. The molecule has 1 aliphatic rings. The maximum absolute atomic E-state index is 12.7. The third kappa shape index (κ3) is 4.41. The number of furan rings is 1. The van der Waals surface area contributed by atoms with Crippen molar-refractivity contribution in [3.8, 4) is 11.3 Å². The number of ketones is 1. The number of thioether (sulfide) groups is 1. The lowest BCUT2D eigenvalue weighted by Crippen LogP contribution is -2.33. The minimum Gasteiger partial charge on any atom is -0.456 e. The van der Waals surface area contributed by atoms with Gasteiger partial charge in [0.2, 0.25) is 0 Å². The summed E-state index contributed by atoms with van der Waals surface area (Å²) < 4.78 is 6.46. The molecule has 4 rings (SSSR count).